The summed E-state index contributed by atoms with van der Waals surface area (Å²) in [6, 6.07) is 1.80. The van der Waals surface area contributed by atoms with Crippen LogP contribution in [0.3, 0.4) is 0 Å². The standard InChI is InChI=1S/C12H18N2O4S2/c1-8-11(7-10(19-8)12(15)16)20(17,18)13-5-6-14(2)9-3-4-9/h7,9,13H,3-6H2,1-2H3,(H,15,16). The van der Waals surface area contributed by atoms with E-state index in [-0.39, 0.29) is 9.77 Å². The van der Waals surface area contributed by atoms with Gasteiger partial charge in [-0.05, 0) is 32.9 Å². The van der Waals surface area contributed by atoms with Crippen LogP contribution >= 0.6 is 11.3 Å². The van der Waals surface area contributed by atoms with Crippen molar-refractivity contribution < 1.29 is 18.3 Å². The maximum absolute atomic E-state index is 12.1. The summed E-state index contributed by atoms with van der Waals surface area (Å²) in [4.78, 5) is 13.6. The molecule has 1 aliphatic rings. The summed E-state index contributed by atoms with van der Waals surface area (Å²) in [6.07, 6.45) is 2.35. The van der Waals surface area contributed by atoms with Crippen molar-refractivity contribution >= 4 is 27.3 Å². The number of likely N-dealkylation sites (N-methyl/N-ethyl adjacent to an activating group) is 1. The number of hydrogen-bond acceptors (Lipinski definition) is 5. The summed E-state index contributed by atoms with van der Waals surface area (Å²) in [5, 5.41) is 8.89. The summed E-state index contributed by atoms with van der Waals surface area (Å²) >= 11 is 0.975. The highest BCUT2D eigenvalue weighted by atomic mass is 32.2. The Morgan fingerprint density at radius 1 is 1.55 bits per heavy atom. The molecule has 1 aliphatic carbocycles. The lowest BCUT2D eigenvalue weighted by Crippen LogP contribution is -2.34. The lowest BCUT2D eigenvalue weighted by atomic mass is 10.4. The van der Waals surface area contributed by atoms with Gasteiger partial charge in [0.1, 0.15) is 4.88 Å². The number of aryl methyl sites for hydroxylation is 1. The van der Waals surface area contributed by atoms with E-state index >= 15 is 0 Å². The van der Waals surface area contributed by atoms with E-state index in [2.05, 4.69) is 9.62 Å². The number of hydrogen-bond donors (Lipinski definition) is 2. The first kappa shape index (κ1) is 15.4. The molecule has 0 aliphatic heterocycles. The number of carboxylic acids is 1. The quantitative estimate of drug-likeness (QED) is 0.787. The highest BCUT2D eigenvalue weighted by Crippen LogP contribution is 2.26. The molecule has 0 aromatic carbocycles. The monoisotopic (exact) mass is 318 g/mol. The van der Waals surface area contributed by atoms with Gasteiger partial charge in [-0.2, -0.15) is 0 Å². The number of carbonyl (C=O) groups is 1. The molecular weight excluding hydrogens is 300 g/mol. The van der Waals surface area contributed by atoms with Gasteiger partial charge in [-0.25, -0.2) is 17.9 Å². The fraction of sp³-hybridized carbons (Fsp3) is 0.583. The van der Waals surface area contributed by atoms with Crippen molar-refractivity contribution in [2.45, 2.75) is 30.7 Å². The topological polar surface area (TPSA) is 86.7 Å². The molecule has 0 spiro atoms. The van der Waals surface area contributed by atoms with E-state index in [1.807, 2.05) is 7.05 Å². The number of thiophene rings is 1. The number of carboxylic acid groups (broad SMARTS) is 1. The molecule has 112 valence electrons. The Labute approximate surface area is 122 Å². The minimum Gasteiger partial charge on any atom is -0.477 e. The molecule has 0 radical (unpaired) electrons. The lowest BCUT2D eigenvalue weighted by Gasteiger charge is -2.15. The number of aromatic carboxylic acids is 1. The van der Waals surface area contributed by atoms with Gasteiger partial charge < -0.3 is 10.0 Å². The molecule has 2 N–H and O–H groups in total. The van der Waals surface area contributed by atoms with Gasteiger partial charge >= 0.3 is 5.97 Å². The summed E-state index contributed by atoms with van der Waals surface area (Å²) in [5.41, 5.74) is 0. The predicted octanol–water partition coefficient (Wildman–Crippen LogP) is 1.13. The Kier molecular flexibility index (Phi) is 4.48. The Morgan fingerprint density at radius 2 is 2.20 bits per heavy atom. The van der Waals surface area contributed by atoms with Crippen molar-refractivity contribution in [2.75, 3.05) is 20.1 Å². The van der Waals surface area contributed by atoms with Crippen molar-refractivity contribution in [3.63, 3.8) is 0 Å². The molecule has 1 fully saturated rings. The van der Waals surface area contributed by atoms with Crippen LogP contribution in [-0.2, 0) is 10.0 Å². The van der Waals surface area contributed by atoms with Crippen molar-refractivity contribution in [2.24, 2.45) is 0 Å². The second-order valence-electron chi connectivity index (χ2n) is 4.95. The van der Waals surface area contributed by atoms with E-state index in [4.69, 9.17) is 5.11 Å². The van der Waals surface area contributed by atoms with Crippen LogP contribution in [0.25, 0.3) is 0 Å². The average Bonchev–Trinajstić information content (AvgIpc) is 3.11. The zero-order chi connectivity index (χ0) is 14.9. The van der Waals surface area contributed by atoms with Crippen LogP contribution < -0.4 is 4.72 Å². The van der Waals surface area contributed by atoms with E-state index in [0.717, 1.165) is 11.3 Å². The summed E-state index contributed by atoms with van der Waals surface area (Å²) in [6.45, 7) is 2.59. The summed E-state index contributed by atoms with van der Waals surface area (Å²) < 4.78 is 26.8. The van der Waals surface area contributed by atoms with Gasteiger partial charge in [-0.1, -0.05) is 0 Å². The smallest absolute Gasteiger partial charge is 0.345 e. The van der Waals surface area contributed by atoms with Crippen LogP contribution in [0, 0.1) is 6.92 Å². The molecule has 0 atom stereocenters. The minimum atomic E-state index is -3.63. The van der Waals surface area contributed by atoms with Gasteiger partial charge in [0, 0.05) is 24.0 Å². The number of nitrogens with zero attached hydrogens (tertiary/aromatic N) is 1. The molecular formula is C12H18N2O4S2. The van der Waals surface area contributed by atoms with Crippen LogP contribution in [0.1, 0.15) is 27.4 Å². The SMILES string of the molecule is Cc1sc(C(=O)O)cc1S(=O)(=O)NCCN(C)C1CC1. The molecule has 1 aromatic rings. The molecule has 0 amide bonds. The molecule has 2 rings (SSSR count). The number of rotatable bonds is 7. The number of sulfonamides is 1. The zero-order valence-corrected chi connectivity index (χ0v) is 13.1. The maximum atomic E-state index is 12.1. The van der Waals surface area contributed by atoms with Gasteiger partial charge in [0.25, 0.3) is 0 Å². The minimum absolute atomic E-state index is 0.0398. The van der Waals surface area contributed by atoms with Crippen molar-refractivity contribution in [1.82, 2.24) is 9.62 Å². The van der Waals surface area contributed by atoms with Gasteiger partial charge in [0.15, 0.2) is 0 Å². The normalized spacial score (nSPS) is 15.8. The molecule has 20 heavy (non-hydrogen) atoms. The van der Waals surface area contributed by atoms with Crippen molar-refractivity contribution in [1.29, 1.82) is 0 Å². The first-order chi connectivity index (χ1) is 9.31. The second kappa shape index (κ2) is 5.80. The highest BCUT2D eigenvalue weighted by molar-refractivity contribution is 7.89. The molecule has 0 bridgehead atoms. The predicted molar refractivity (Wildman–Crippen MR) is 76.9 cm³/mol. The van der Waals surface area contributed by atoms with Gasteiger partial charge in [-0.15, -0.1) is 11.3 Å². The first-order valence-electron chi connectivity index (χ1n) is 6.35. The molecule has 6 nitrogen and oxygen atoms in total. The molecule has 8 heteroatoms. The van der Waals surface area contributed by atoms with Crippen molar-refractivity contribution in [3.8, 4) is 0 Å². The third-order valence-corrected chi connectivity index (χ3v) is 6.05. The van der Waals surface area contributed by atoms with E-state index in [1.165, 1.54) is 18.9 Å². The van der Waals surface area contributed by atoms with Crippen LogP contribution in [0.2, 0.25) is 0 Å². The summed E-state index contributed by atoms with van der Waals surface area (Å²) in [7, 11) is -1.66. The summed E-state index contributed by atoms with van der Waals surface area (Å²) in [5.74, 6) is -1.10. The fourth-order valence-electron chi connectivity index (χ4n) is 1.97. The van der Waals surface area contributed by atoms with Crippen molar-refractivity contribution in [3.05, 3.63) is 15.8 Å². The first-order valence-corrected chi connectivity index (χ1v) is 8.65. The molecule has 0 saturated heterocycles. The Hall–Kier alpha value is -0.960. The van der Waals surface area contributed by atoms with E-state index in [0.29, 0.717) is 24.0 Å². The molecule has 0 unspecified atom stereocenters. The number of nitrogens with one attached hydrogen (secondary N) is 1. The molecule has 1 heterocycles. The average molecular weight is 318 g/mol. The van der Waals surface area contributed by atoms with Crippen LogP contribution in [0.15, 0.2) is 11.0 Å². The third-order valence-electron chi connectivity index (χ3n) is 3.30. The maximum Gasteiger partial charge on any atom is 0.345 e. The van der Waals surface area contributed by atoms with E-state index in [1.54, 1.807) is 6.92 Å². The molecule has 1 aromatic heterocycles. The third kappa shape index (κ3) is 3.57. The van der Waals surface area contributed by atoms with Gasteiger partial charge in [0.05, 0.1) is 4.90 Å². The lowest BCUT2D eigenvalue weighted by molar-refractivity contribution is 0.0702. The van der Waals surface area contributed by atoms with Crippen LogP contribution in [0.4, 0.5) is 0 Å². The van der Waals surface area contributed by atoms with Crippen LogP contribution in [-0.4, -0.2) is 50.6 Å². The Balaban J connectivity index is 2.00. The van der Waals surface area contributed by atoms with E-state index < -0.39 is 16.0 Å². The second-order valence-corrected chi connectivity index (χ2v) is 7.94. The van der Waals surface area contributed by atoms with Gasteiger partial charge in [-0.3, -0.25) is 0 Å². The Bertz CT molecular complexity index is 605. The zero-order valence-electron chi connectivity index (χ0n) is 11.4. The van der Waals surface area contributed by atoms with Gasteiger partial charge in [0.2, 0.25) is 10.0 Å². The fourth-order valence-corrected chi connectivity index (χ4v) is 4.42. The highest BCUT2D eigenvalue weighted by Gasteiger charge is 2.26. The largest absolute Gasteiger partial charge is 0.477 e. The van der Waals surface area contributed by atoms with Crippen LogP contribution in [0.5, 0.6) is 0 Å². The Morgan fingerprint density at radius 3 is 2.70 bits per heavy atom. The van der Waals surface area contributed by atoms with E-state index in [9.17, 15) is 13.2 Å². The molecule has 1 saturated carbocycles.